The maximum absolute atomic E-state index is 13.4. The number of carboxylic acids is 1. The summed E-state index contributed by atoms with van der Waals surface area (Å²) in [6, 6.07) is 0.0874. The van der Waals surface area contributed by atoms with Crippen molar-refractivity contribution in [1.82, 2.24) is 10.2 Å². The predicted molar refractivity (Wildman–Crippen MR) is 67.8 cm³/mol. The van der Waals surface area contributed by atoms with Gasteiger partial charge in [-0.3, -0.25) is 4.79 Å². The number of carbonyl (C=O) groups is 1. The summed E-state index contributed by atoms with van der Waals surface area (Å²) in [5.41, 5.74) is -1.03. The van der Waals surface area contributed by atoms with Crippen LogP contribution in [0.5, 0.6) is 0 Å². The Labute approximate surface area is 123 Å². The molecule has 21 heavy (non-hydrogen) atoms. The molecule has 5 nitrogen and oxygen atoms in total. The van der Waals surface area contributed by atoms with Crippen LogP contribution in [0.2, 0.25) is 0 Å². The second-order valence-corrected chi connectivity index (χ2v) is 5.72. The largest absolute Gasteiger partial charge is 0.481 e. The molecule has 0 amide bonds. The lowest BCUT2D eigenvalue weighted by Gasteiger charge is -2.06. The van der Waals surface area contributed by atoms with Gasteiger partial charge in [-0.1, -0.05) is 23.1 Å². The Hall–Kier alpha value is -1.88. The number of nitrogens with zero attached hydrogens (tertiary/aromatic N) is 2. The van der Waals surface area contributed by atoms with Gasteiger partial charge in [-0.05, 0) is 0 Å². The Kier molecular flexibility index (Phi) is 4.63. The monoisotopic (exact) mass is 339 g/mol. The van der Waals surface area contributed by atoms with Gasteiger partial charge in [0.05, 0.1) is 5.75 Å². The Morgan fingerprint density at radius 2 is 1.86 bits per heavy atom. The summed E-state index contributed by atoms with van der Waals surface area (Å²) in [5.74, 6) is -7.64. The van der Waals surface area contributed by atoms with Crippen LogP contribution in [-0.4, -0.2) is 27.0 Å². The molecule has 0 radical (unpaired) electrons. The summed E-state index contributed by atoms with van der Waals surface area (Å²) in [6.45, 7) is 0. The zero-order valence-electron chi connectivity index (χ0n) is 9.86. The number of thioether (sulfide) groups is 1. The highest BCUT2D eigenvalue weighted by molar-refractivity contribution is 8.01. The van der Waals surface area contributed by atoms with Crippen molar-refractivity contribution in [3.63, 3.8) is 0 Å². The molecule has 0 aliphatic heterocycles. The van der Waals surface area contributed by atoms with E-state index in [-0.39, 0.29) is 21.3 Å². The molecule has 0 fully saturated rings. The average molecular weight is 339 g/mol. The number of hydrogen-bond donors (Lipinski definition) is 2. The third-order valence-electron chi connectivity index (χ3n) is 2.07. The summed E-state index contributed by atoms with van der Waals surface area (Å²) in [4.78, 5) is 10.4. The quantitative estimate of drug-likeness (QED) is 0.495. The molecule has 0 atom stereocenters. The van der Waals surface area contributed by atoms with E-state index in [2.05, 4.69) is 15.5 Å². The number of aromatic nitrogens is 2. The number of carboxylic acid groups (broad SMARTS) is 1. The number of anilines is 2. The van der Waals surface area contributed by atoms with E-state index < -0.39 is 34.9 Å². The molecule has 0 saturated heterocycles. The van der Waals surface area contributed by atoms with Gasteiger partial charge in [-0.2, -0.15) is 0 Å². The minimum absolute atomic E-state index is 0.0874. The van der Waals surface area contributed by atoms with E-state index in [0.29, 0.717) is 0 Å². The highest BCUT2D eigenvalue weighted by Gasteiger charge is 2.20. The zero-order chi connectivity index (χ0) is 15.6. The van der Waals surface area contributed by atoms with Crippen LogP contribution < -0.4 is 5.32 Å². The van der Waals surface area contributed by atoms with E-state index >= 15 is 0 Å². The summed E-state index contributed by atoms with van der Waals surface area (Å²) >= 11 is 1.63. The molecule has 0 saturated carbocycles. The molecule has 0 bridgehead atoms. The Morgan fingerprint density at radius 3 is 2.43 bits per heavy atom. The Bertz CT molecular complexity index is 669. The van der Waals surface area contributed by atoms with E-state index in [1.54, 1.807) is 0 Å². The molecule has 1 aromatic heterocycles. The lowest BCUT2D eigenvalue weighted by Crippen LogP contribution is -2.02. The molecule has 0 aliphatic carbocycles. The number of hydrogen-bond acceptors (Lipinski definition) is 6. The standard InChI is InChI=1S/C10H5F4N3O2S2/c11-3-1-4(12)7(14)8(6(3)13)15-9-16-17-10(21-9)20-2-5(18)19/h1H,2H2,(H,15,16)(H,18,19). The molecule has 11 heteroatoms. The van der Waals surface area contributed by atoms with Gasteiger partial charge in [0.25, 0.3) is 0 Å². The summed E-state index contributed by atoms with van der Waals surface area (Å²) in [7, 11) is 0. The van der Waals surface area contributed by atoms with Crippen molar-refractivity contribution in [2.45, 2.75) is 4.34 Å². The van der Waals surface area contributed by atoms with Crippen molar-refractivity contribution in [1.29, 1.82) is 0 Å². The van der Waals surface area contributed by atoms with E-state index in [4.69, 9.17) is 5.11 Å². The number of benzene rings is 1. The SMILES string of the molecule is O=C(O)CSc1nnc(Nc2c(F)c(F)cc(F)c2F)s1. The Balaban J connectivity index is 2.21. The summed E-state index contributed by atoms with van der Waals surface area (Å²) in [5, 5.41) is 17.5. The third-order valence-corrected chi connectivity index (χ3v) is 4.03. The smallest absolute Gasteiger partial charge is 0.313 e. The van der Waals surface area contributed by atoms with Crippen LogP contribution in [0.25, 0.3) is 0 Å². The highest BCUT2D eigenvalue weighted by Crippen LogP contribution is 2.31. The molecule has 2 N–H and O–H groups in total. The summed E-state index contributed by atoms with van der Waals surface area (Å²) in [6.07, 6.45) is 0. The van der Waals surface area contributed by atoms with E-state index in [0.717, 1.165) is 23.1 Å². The average Bonchev–Trinajstić information content (AvgIpc) is 2.87. The van der Waals surface area contributed by atoms with Crippen LogP contribution >= 0.6 is 23.1 Å². The molecular weight excluding hydrogens is 334 g/mol. The normalized spacial score (nSPS) is 10.7. The molecule has 1 heterocycles. The minimum atomic E-state index is -1.59. The highest BCUT2D eigenvalue weighted by atomic mass is 32.2. The van der Waals surface area contributed by atoms with Crippen LogP contribution in [0.4, 0.5) is 28.4 Å². The van der Waals surface area contributed by atoms with Crippen molar-refractivity contribution in [2.75, 3.05) is 11.1 Å². The van der Waals surface area contributed by atoms with Crippen molar-refractivity contribution >= 4 is 39.9 Å². The first-order valence-electron chi connectivity index (χ1n) is 5.16. The molecular formula is C10H5F4N3O2S2. The molecule has 2 aromatic rings. The molecule has 2 rings (SSSR count). The maximum atomic E-state index is 13.4. The third kappa shape index (κ3) is 3.61. The lowest BCUT2D eigenvalue weighted by atomic mass is 10.2. The first kappa shape index (κ1) is 15.5. The molecule has 0 unspecified atom stereocenters. The zero-order valence-corrected chi connectivity index (χ0v) is 11.5. The van der Waals surface area contributed by atoms with Gasteiger partial charge >= 0.3 is 5.97 Å². The van der Waals surface area contributed by atoms with Gasteiger partial charge in [0, 0.05) is 6.07 Å². The topological polar surface area (TPSA) is 75.1 Å². The van der Waals surface area contributed by atoms with Crippen LogP contribution in [0.15, 0.2) is 10.4 Å². The van der Waals surface area contributed by atoms with Crippen molar-refractivity contribution in [2.24, 2.45) is 0 Å². The van der Waals surface area contributed by atoms with Gasteiger partial charge in [0.2, 0.25) is 5.13 Å². The maximum Gasteiger partial charge on any atom is 0.313 e. The van der Waals surface area contributed by atoms with Crippen molar-refractivity contribution in [3.05, 3.63) is 29.3 Å². The molecule has 0 aliphatic rings. The van der Waals surface area contributed by atoms with Crippen LogP contribution in [-0.2, 0) is 4.79 Å². The first-order chi connectivity index (χ1) is 9.88. The van der Waals surface area contributed by atoms with Gasteiger partial charge < -0.3 is 10.4 Å². The second kappa shape index (κ2) is 6.26. The van der Waals surface area contributed by atoms with Gasteiger partial charge in [-0.25, -0.2) is 17.6 Å². The molecule has 0 spiro atoms. The second-order valence-electron chi connectivity index (χ2n) is 3.52. The lowest BCUT2D eigenvalue weighted by molar-refractivity contribution is -0.133. The van der Waals surface area contributed by atoms with Crippen molar-refractivity contribution in [3.8, 4) is 0 Å². The fraction of sp³-hybridized carbons (Fsp3) is 0.100. The van der Waals surface area contributed by atoms with Gasteiger partial charge in [0.15, 0.2) is 27.6 Å². The number of nitrogens with one attached hydrogen (secondary N) is 1. The van der Waals surface area contributed by atoms with Gasteiger partial charge in [0.1, 0.15) is 5.69 Å². The van der Waals surface area contributed by atoms with Crippen LogP contribution in [0, 0.1) is 23.3 Å². The van der Waals surface area contributed by atoms with Crippen LogP contribution in [0.3, 0.4) is 0 Å². The number of halogens is 4. The predicted octanol–water partition coefficient (Wildman–Crippen LogP) is 3.01. The van der Waals surface area contributed by atoms with Crippen LogP contribution in [0.1, 0.15) is 0 Å². The minimum Gasteiger partial charge on any atom is -0.481 e. The van der Waals surface area contributed by atoms with Gasteiger partial charge in [-0.15, -0.1) is 10.2 Å². The fourth-order valence-electron chi connectivity index (χ4n) is 1.23. The fourth-order valence-corrected chi connectivity index (χ4v) is 2.71. The number of rotatable bonds is 5. The Morgan fingerprint density at radius 1 is 1.24 bits per heavy atom. The van der Waals surface area contributed by atoms with E-state index in [1.807, 2.05) is 0 Å². The van der Waals surface area contributed by atoms with E-state index in [1.165, 1.54) is 0 Å². The van der Waals surface area contributed by atoms with E-state index in [9.17, 15) is 22.4 Å². The summed E-state index contributed by atoms with van der Waals surface area (Å²) < 4.78 is 53.1. The number of aliphatic carboxylic acids is 1. The first-order valence-corrected chi connectivity index (χ1v) is 6.96. The molecule has 1 aromatic carbocycles. The molecule has 112 valence electrons. The van der Waals surface area contributed by atoms with Crippen molar-refractivity contribution < 1.29 is 27.5 Å².